The number of aliphatic imine (C=N–C) groups is 1. The van der Waals surface area contributed by atoms with E-state index in [0.29, 0.717) is 28.4 Å². The number of phenolic OH excluding ortho intramolecular Hbond substituents is 1. The third-order valence-electron chi connectivity index (χ3n) is 4.33. The number of hydrogen-bond acceptors (Lipinski definition) is 5. The minimum atomic E-state index is -0.393. The lowest BCUT2D eigenvalue weighted by atomic mass is 10.1. The van der Waals surface area contributed by atoms with Gasteiger partial charge in [-0.15, -0.1) is 0 Å². The maximum absolute atomic E-state index is 12.1. The molecule has 7 heteroatoms. The number of carbonyl (C=O) groups excluding carboxylic acids is 1. The van der Waals surface area contributed by atoms with Crippen LogP contribution in [0.2, 0.25) is 10.0 Å². The van der Waals surface area contributed by atoms with Crippen molar-refractivity contribution >= 4 is 46.8 Å². The van der Waals surface area contributed by atoms with E-state index in [-0.39, 0.29) is 10.8 Å². The van der Waals surface area contributed by atoms with Gasteiger partial charge in [-0.3, -0.25) is 4.99 Å². The van der Waals surface area contributed by atoms with Gasteiger partial charge in [-0.1, -0.05) is 23.2 Å². The summed E-state index contributed by atoms with van der Waals surface area (Å²) in [4.78, 5) is 18.8. The molecule has 0 spiro atoms. The zero-order valence-electron chi connectivity index (χ0n) is 14.9. The Balaban J connectivity index is 2.00. The highest BCUT2D eigenvalue weighted by molar-refractivity contribution is 6.36. The first kappa shape index (κ1) is 19.5. The number of benzene rings is 2. The molecule has 2 aromatic carbocycles. The van der Waals surface area contributed by atoms with E-state index < -0.39 is 5.97 Å². The Kier molecular flexibility index (Phi) is 6.24. The average molecular weight is 407 g/mol. The van der Waals surface area contributed by atoms with Crippen molar-refractivity contribution in [3.63, 3.8) is 0 Å². The molecule has 0 unspecified atom stereocenters. The summed E-state index contributed by atoms with van der Waals surface area (Å²) in [5.74, 6) is -0.482. The molecular formula is C20H20Cl2N2O3. The molecule has 0 aliphatic carbocycles. The fourth-order valence-corrected chi connectivity index (χ4v) is 3.53. The molecule has 142 valence electrons. The molecule has 0 amide bonds. The van der Waals surface area contributed by atoms with Crippen molar-refractivity contribution < 1.29 is 14.6 Å². The number of ether oxygens (including phenoxy) is 1. The number of carbonyl (C=O) groups is 1. The van der Waals surface area contributed by atoms with Crippen molar-refractivity contribution in [2.24, 2.45) is 4.99 Å². The largest absolute Gasteiger partial charge is 0.506 e. The summed E-state index contributed by atoms with van der Waals surface area (Å²) in [5, 5.41) is 10.7. The normalized spacial score (nSPS) is 14.1. The van der Waals surface area contributed by atoms with Crippen LogP contribution < -0.4 is 4.90 Å². The Morgan fingerprint density at radius 2 is 2.00 bits per heavy atom. The molecule has 1 N–H and O–H groups in total. The lowest BCUT2D eigenvalue weighted by Crippen LogP contribution is -2.18. The monoisotopic (exact) mass is 406 g/mol. The Morgan fingerprint density at radius 3 is 2.70 bits per heavy atom. The number of anilines is 1. The molecule has 1 aliphatic heterocycles. The van der Waals surface area contributed by atoms with Crippen molar-refractivity contribution in [2.75, 3.05) is 24.6 Å². The van der Waals surface area contributed by atoms with E-state index in [1.807, 2.05) is 6.07 Å². The number of esters is 1. The number of rotatable bonds is 5. The van der Waals surface area contributed by atoms with E-state index in [1.54, 1.807) is 25.1 Å². The molecular weight excluding hydrogens is 387 g/mol. The third kappa shape index (κ3) is 4.54. The van der Waals surface area contributed by atoms with Gasteiger partial charge in [0.25, 0.3) is 0 Å². The molecule has 1 saturated heterocycles. The molecule has 0 radical (unpaired) electrons. The van der Waals surface area contributed by atoms with Crippen LogP contribution in [-0.4, -0.2) is 37.0 Å². The molecule has 0 aromatic heterocycles. The number of aromatic hydroxyl groups is 1. The maximum Gasteiger partial charge on any atom is 0.338 e. The lowest BCUT2D eigenvalue weighted by molar-refractivity contribution is 0.0526. The number of halogens is 2. The van der Waals surface area contributed by atoms with E-state index in [0.717, 1.165) is 31.6 Å². The van der Waals surface area contributed by atoms with Gasteiger partial charge in [-0.25, -0.2) is 4.79 Å². The minimum absolute atomic E-state index is 0.0888. The second-order valence-electron chi connectivity index (χ2n) is 6.20. The van der Waals surface area contributed by atoms with Crippen molar-refractivity contribution in [3.05, 3.63) is 51.5 Å². The first-order chi connectivity index (χ1) is 13.0. The van der Waals surface area contributed by atoms with Gasteiger partial charge in [-0.05, 0) is 50.1 Å². The van der Waals surface area contributed by atoms with Crippen LogP contribution in [0.1, 0.15) is 35.7 Å². The zero-order chi connectivity index (χ0) is 19.4. The van der Waals surface area contributed by atoms with Gasteiger partial charge in [0, 0.05) is 29.9 Å². The lowest BCUT2D eigenvalue weighted by Gasteiger charge is -2.20. The molecule has 27 heavy (non-hydrogen) atoms. The van der Waals surface area contributed by atoms with Gasteiger partial charge >= 0.3 is 5.97 Å². The Bertz CT molecular complexity index is 878. The van der Waals surface area contributed by atoms with Gasteiger partial charge in [0.15, 0.2) is 0 Å². The molecule has 5 nitrogen and oxygen atoms in total. The fourth-order valence-electron chi connectivity index (χ4n) is 3.02. The highest BCUT2D eigenvalue weighted by Crippen LogP contribution is 2.34. The summed E-state index contributed by atoms with van der Waals surface area (Å²) in [6.45, 7) is 3.95. The molecule has 0 atom stereocenters. The Morgan fingerprint density at radius 1 is 1.26 bits per heavy atom. The molecule has 1 fully saturated rings. The third-order valence-corrected chi connectivity index (χ3v) is 4.84. The molecule has 3 rings (SSSR count). The van der Waals surface area contributed by atoms with Crippen LogP contribution >= 0.6 is 23.2 Å². The van der Waals surface area contributed by atoms with Crippen LogP contribution in [-0.2, 0) is 4.74 Å². The second-order valence-corrected chi connectivity index (χ2v) is 7.05. The van der Waals surface area contributed by atoms with Crippen molar-refractivity contribution in [1.82, 2.24) is 0 Å². The summed E-state index contributed by atoms with van der Waals surface area (Å²) in [7, 11) is 0. The number of phenols is 1. The van der Waals surface area contributed by atoms with E-state index >= 15 is 0 Å². The van der Waals surface area contributed by atoms with E-state index in [9.17, 15) is 9.90 Å². The van der Waals surface area contributed by atoms with Crippen LogP contribution in [0.5, 0.6) is 5.75 Å². The summed E-state index contributed by atoms with van der Waals surface area (Å²) in [6, 6.07) is 8.38. The standard InChI is InChI=1S/C20H20Cl2N2O3/c1-2-27-20(26)13-5-6-18(24-7-3-4-8-24)17(10-13)23-12-14-9-15(21)11-16(22)19(14)25/h5-6,9-12,25H,2-4,7-8H2,1H3. The highest BCUT2D eigenvalue weighted by atomic mass is 35.5. The van der Waals surface area contributed by atoms with Gasteiger partial charge in [0.2, 0.25) is 0 Å². The minimum Gasteiger partial charge on any atom is -0.506 e. The van der Waals surface area contributed by atoms with Gasteiger partial charge in [-0.2, -0.15) is 0 Å². The predicted molar refractivity (Wildman–Crippen MR) is 109 cm³/mol. The zero-order valence-corrected chi connectivity index (χ0v) is 16.4. The van der Waals surface area contributed by atoms with Crippen LogP contribution in [0.25, 0.3) is 0 Å². The first-order valence-corrected chi connectivity index (χ1v) is 9.53. The molecule has 1 heterocycles. The predicted octanol–water partition coefficient (Wildman–Crippen LogP) is 5.23. The quantitative estimate of drug-likeness (QED) is 0.545. The van der Waals surface area contributed by atoms with E-state index in [2.05, 4.69) is 9.89 Å². The first-order valence-electron chi connectivity index (χ1n) is 8.77. The number of nitrogens with zero attached hydrogens (tertiary/aromatic N) is 2. The van der Waals surface area contributed by atoms with Crippen LogP contribution in [0.3, 0.4) is 0 Å². The van der Waals surface area contributed by atoms with E-state index in [4.69, 9.17) is 27.9 Å². The second kappa shape index (κ2) is 8.63. The van der Waals surface area contributed by atoms with Gasteiger partial charge in [0.1, 0.15) is 5.75 Å². The Labute approximate surface area is 168 Å². The van der Waals surface area contributed by atoms with Crippen molar-refractivity contribution in [3.8, 4) is 5.75 Å². The molecule has 0 bridgehead atoms. The van der Waals surface area contributed by atoms with Crippen molar-refractivity contribution in [1.29, 1.82) is 0 Å². The topological polar surface area (TPSA) is 62.1 Å². The van der Waals surface area contributed by atoms with Gasteiger partial charge in [0.05, 0.1) is 28.6 Å². The van der Waals surface area contributed by atoms with Gasteiger partial charge < -0.3 is 14.7 Å². The summed E-state index contributed by atoms with van der Waals surface area (Å²) in [5.41, 5.74) is 2.39. The summed E-state index contributed by atoms with van der Waals surface area (Å²) in [6.07, 6.45) is 3.73. The van der Waals surface area contributed by atoms with Crippen LogP contribution in [0.15, 0.2) is 35.3 Å². The average Bonchev–Trinajstić information content (AvgIpc) is 3.18. The molecule has 2 aromatic rings. The fraction of sp³-hybridized carbons (Fsp3) is 0.300. The van der Waals surface area contributed by atoms with Crippen LogP contribution in [0, 0.1) is 0 Å². The molecule has 0 saturated carbocycles. The highest BCUT2D eigenvalue weighted by Gasteiger charge is 2.18. The summed E-state index contributed by atoms with van der Waals surface area (Å²) >= 11 is 12.0. The SMILES string of the molecule is CCOC(=O)c1ccc(N2CCCC2)c(N=Cc2cc(Cl)cc(Cl)c2O)c1. The molecule has 1 aliphatic rings. The van der Waals surface area contributed by atoms with Crippen molar-refractivity contribution in [2.45, 2.75) is 19.8 Å². The van der Waals surface area contributed by atoms with Crippen LogP contribution in [0.4, 0.5) is 11.4 Å². The maximum atomic E-state index is 12.1. The Hall–Kier alpha value is -2.24. The smallest absolute Gasteiger partial charge is 0.338 e. The number of hydrogen-bond donors (Lipinski definition) is 1. The summed E-state index contributed by atoms with van der Waals surface area (Å²) < 4.78 is 5.08. The van der Waals surface area contributed by atoms with E-state index in [1.165, 1.54) is 12.3 Å².